The number of hydrogen-bond donors (Lipinski definition) is 1. The standard InChI is InChI=1S/C22H22ClN7O3S/c1-14(20-24-12-16(23)13-25-20)15(2)34(31,32)29-22-28-27-21(18-10-7-11-19(26-18)33-3)30(22)17-8-5-4-6-9-17/h7-8,10-13H,1-2,4-6,9H2,3H3,(H,28,29). The fourth-order valence-electron chi connectivity index (χ4n) is 3.40. The largest absolute Gasteiger partial charge is 0.481 e. The van der Waals surface area contributed by atoms with Gasteiger partial charge in [0.25, 0.3) is 10.0 Å². The van der Waals surface area contributed by atoms with Gasteiger partial charge in [-0.15, -0.1) is 10.2 Å². The van der Waals surface area contributed by atoms with Crippen LogP contribution in [0.1, 0.15) is 31.5 Å². The molecular formula is C22H22ClN7O3S. The predicted molar refractivity (Wildman–Crippen MR) is 130 cm³/mol. The van der Waals surface area contributed by atoms with Crippen molar-refractivity contribution >= 4 is 38.8 Å². The number of aromatic nitrogens is 6. The topological polar surface area (TPSA) is 125 Å². The zero-order valence-corrected chi connectivity index (χ0v) is 20.0. The second-order valence-electron chi connectivity index (χ2n) is 7.42. The molecule has 0 bridgehead atoms. The van der Waals surface area contributed by atoms with Gasteiger partial charge in [-0.05, 0) is 31.7 Å². The average Bonchev–Trinajstić information content (AvgIpc) is 3.27. The van der Waals surface area contributed by atoms with Crippen LogP contribution in [0.4, 0.5) is 5.95 Å². The molecule has 0 atom stereocenters. The molecule has 0 amide bonds. The van der Waals surface area contributed by atoms with Crippen LogP contribution in [-0.2, 0) is 10.0 Å². The van der Waals surface area contributed by atoms with Gasteiger partial charge in [0.05, 0.1) is 17.0 Å². The molecule has 1 aliphatic carbocycles. The van der Waals surface area contributed by atoms with Crippen molar-refractivity contribution in [3.63, 3.8) is 0 Å². The van der Waals surface area contributed by atoms with E-state index in [1.807, 2.05) is 6.08 Å². The van der Waals surface area contributed by atoms with Crippen molar-refractivity contribution in [2.24, 2.45) is 0 Å². The Morgan fingerprint density at radius 2 is 1.94 bits per heavy atom. The second kappa shape index (κ2) is 9.74. The van der Waals surface area contributed by atoms with Gasteiger partial charge in [-0.2, -0.15) is 0 Å². The van der Waals surface area contributed by atoms with Crippen LogP contribution in [0.25, 0.3) is 22.8 Å². The fourth-order valence-corrected chi connectivity index (χ4v) is 4.41. The normalized spacial score (nSPS) is 13.8. The van der Waals surface area contributed by atoms with Crippen LogP contribution >= 0.6 is 11.6 Å². The van der Waals surface area contributed by atoms with Crippen LogP contribution < -0.4 is 9.46 Å². The van der Waals surface area contributed by atoms with E-state index in [-0.39, 0.29) is 22.3 Å². The number of sulfonamides is 1. The Morgan fingerprint density at radius 3 is 2.62 bits per heavy atom. The molecule has 0 saturated heterocycles. The summed E-state index contributed by atoms with van der Waals surface area (Å²) >= 11 is 5.81. The van der Waals surface area contributed by atoms with Gasteiger partial charge in [-0.3, -0.25) is 4.57 Å². The Labute approximate surface area is 202 Å². The van der Waals surface area contributed by atoms with Crippen molar-refractivity contribution in [1.82, 2.24) is 29.7 Å². The van der Waals surface area contributed by atoms with E-state index in [1.54, 1.807) is 22.8 Å². The first-order valence-electron chi connectivity index (χ1n) is 10.4. The lowest BCUT2D eigenvalue weighted by Crippen LogP contribution is -2.19. The monoisotopic (exact) mass is 499 g/mol. The summed E-state index contributed by atoms with van der Waals surface area (Å²) in [6, 6.07) is 5.24. The van der Waals surface area contributed by atoms with Crippen LogP contribution in [0.3, 0.4) is 0 Å². The van der Waals surface area contributed by atoms with Crippen molar-refractivity contribution in [2.45, 2.75) is 25.7 Å². The number of allylic oxidation sites excluding steroid dienone is 3. The predicted octanol–water partition coefficient (Wildman–Crippen LogP) is 4.18. The molecule has 176 valence electrons. The molecule has 0 aromatic carbocycles. The minimum absolute atomic E-state index is 0.0127. The molecule has 3 aromatic rings. The quantitative estimate of drug-likeness (QED) is 0.457. The van der Waals surface area contributed by atoms with Crippen LogP contribution in [0.15, 0.2) is 54.7 Å². The Morgan fingerprint density at radius 1 is 1.18 bits per heavy atom. The lowest BCUT2D eigenvalue weighted by Gasteiger charge is -2.18. The van der Waals surface area contributed by atoms with E-state index < -0.39 is 10.0 Å². The molecule has 0 fully saturated rings. The number of ether oxygens (including phenoxy) is 1. The van der Waals surface area contributed by atoms with Crippen molar-refractivity contribution in [1.29, 1.82) is 0 Å². The van der Waals surface area contributed by atoms with Crippen LogP contribution in [0.5, 0.6) is 5.88 Å². The maximum atomic E-state index is 13.2. The summed E-state index contributed by atoms with van der Waals surface area (Å²) in [5.74, 6) is 0.894. The fraction of sp³-hybridized carbons (Fsp3) is 0.227. The first-order chi connectivity index (χ1) is 16.3. The van der Waals surface area contributed by atoms with E-state index in [1.165, 1.54) is 19.5 Å². The summed E-state index contributed by atoms with van der Waals surface area (Å²) < 4.78 is 35.7. The van der Waals surface area contributed by atoms with E-state index in [4.69, 9.17) is 16.3 Å². The molecule has 10 nitrogen and oxygen atoms in total. The minimum atomic E-state index is -4.17. The molecule has 0 unspecified atom stereocenters. The summed E-state index contributed by atoms with van der Waals surface area (Å²) in [5, 5.41) is 8.66. The molecule has 1 aliphatic rings. The molecule has 12 heteroatoms. The zero-order valence-electron chi connectivity index (χ0n) is 18.4. The highest BCUT2D eigenvalue weighted by molar-refractivity contribution is 7.97. The van der Waals surface area contributed by atoms with Crippen molar-refractivity contribution in [2.75, 3.05) is 11.8 Å². The number of rotatable bonds is 8. The van der Waals surface area contributed by atoms with Crippen LogP contribution in [-0.4, -0.2) is 45.2 Å². The van der Waals surface area contributed by atoms with Gasteiger partial charge in [0.2, 0.25) is 11.8 Å². The summed E-state index contributed by atoms with van der Waals surface area (Å²) in [5.41, 5.74) is 1.39. The Hall–Kier alpha value is -3.57. The molecule has 0 aliphatic heterocycles. The molecule has 0 spiro atoms. The maximum absolute atomic E-state index is 13.2. The molecular weight excluding hydrogens is 478 g/mol. The highest BCUT2D eigenvalue weighted by Gasteiger charge is 2.26. The summed E-state index contributed by atoms with van der Waals surface area (Å²) in [6.07, 6.45) is 8.35. The Bertz CT molecular complexity index is 1380. The highest BCUT2D eigenvalue weighted by Crippen LogP contribution is 2.32. The molecule has 3 heterocycles. The molecule has 0 saturated carbocycles. The van der Waals surface area contributed by atoms with E-state index in [2.05, 4.69) is 43.0 Å². The zero-order chi connectivity index (χ0) is 24.3. The van der Waals surface area contributed by atoms with Crippen molar-refractivity contribution in [3.05, 3.63) is 65.6 Å². The molecule has 0 radical (unpaired) electrons. The van der Waals surface area contributed by atoms with Crippen molar-refractivity contribution in [3.8, 4) is 17.4 Å². The third kappa shape index (κ3) is 4.85. The Kier molecular flexibility index (Phi) is 6.75. The average molecular weight is 500 g/mol. The summed E-state index contributed by atoms with van der Waals surface area (Å²) in [6.45, 7) is 7.47. The SMILES string of the molecule is C=C(C(=C)S(=O)(=O)Nc1nnc(-c2cccc(OC)n2)n1C1=CCCCC1)c1ncc(Cl)cn1. The van der Waals surface area contributed by atoms with Gasteiger partial charge in [0, 0.05) is 29.7 Å². The molecule has 4 rings (SSSR count). The van der Waals surface area contributed by atoms with Crippen molar-refractivity contribution < 1.29 is 13.2 Å². The van der Waals surface area contributed by atoms with Gasteiger partial charge < -0.3 is 4.74 Å². The molecule has 1 N–H and O–H groups in total. The van der Waals surface area contributed by atoms with E-state index >= 15 is 0 Å². The molecule has 34 heavy (non-hydrogen) atoms. The number of nitrogens with zero attached hydrogens (tertiary/aromatic N) is 6. The highest BCUT2D eigenvalue weighted by atomic mass is 35.5. The maximum Gasteiger partial charge on any atom is 0.264 e. The number of nitrogens with one attached hydrogen (secondary N) is 1. The van der Waals surface area contributed by atoms with E-state index in [0.29, 0.717) is 22.4 Å². The second-order valence-corrected chi connectivity index (χ2v) is 9.56. The van der Waals surface area contributed by atoms with Gasteiger partial charge in [0.1, 0.15) is 5.69 Å². The number of anilines is 1. The number of hydrogen-bond acceptors (Lipinski definition) is 8. The van der Waals surface area contributed by atoms with Crippen LogP contribution in [0, 0.1) is 0 Å². The van der Waals surface area contributed by atoms with E-state index in [0.717, 1.165) is 31.4 Å². The van der Waals surface area contributed by atoms with Gasteiger partial charge in [0.15, 0.2) is 11.6 Å². The lowest BCUT2D eigenvalue weighted by atomic mass is 10.0. The number of pyridine rings is 1. The first kappa shape index (κ1) is 23.6. The van der Waals surface area contributed by atoms with Crippen LogP contribution in [0.2, 0.25) is 5.02 Å². The van der Waals surface area contributed by atoms with Gasteiger partial charge >= 0.3 is 0 Å². The van der Waals surface area contributed by atoms with Gasteiger partial charge in [-0.1, -0.05) is 36.9 Å². The minimum Gasteiger partial charge on any atom is -0.481 e. The van der Waals surface area contributed by atoms with E-state index in [9.17, 15) is 8.42 Å². The summed E-state index contributed by atoms with van der Waals surface area (Å²) in [4.78, 5) is 12.2. The third-order valence-corrected chi connectivity index (χ3v) is 6.70. The van der Waals surface area contributed by atoms with Gasteiger partial charge in [-0.25, -0.2) is 28.1 Å². The molecule has 3 aromatic heterocycles. The number of methoxy groups -OCH3 is 1. The Balaban J connectivity index is 1.71. The summed E-state index contributed by atoms with van der Waals surface area (Å²) in [7, 11) is -2.65. The first-order valence-corrected chi connectivity index (χ1v) is 12.2. The number of halogens is 1. The smallest absolute Gasteiger partial charge is 0.264 e. The third-order valence-electron chi connectivity index (χ3n) is 5.16. The lowest BCUT2D eigenvalue weighted by molar-refractivity contribution is 0.398.